The molecule has 26 heavy (non-hydrogen) atoms. The summed E-state index contributed by atoms with van der Waals surface area (Å²) in [6, 6.07) is 17.0. The molecular formula is C20H22N4O2. The summed E-state index contributed by atoms with van der Waals surface area (Å²) in [6.45, 7) is 6.15. The summed E-state index contributed by atoms with van der Waals surface area (Å²) in [6.07, 6.45) is 0. The number of aromatic nitrogens is 2. The summed E-state index contributed by atoms with van der Waals surface area (Å²) in [5, 5.41) is 6.91. The highest BCUT2D eigenvalue weighted by Crippen LogP contribution is 2.17. The fraction of sp³-hybridized carbons (Fsp3) is 0.250. The summed E-state index contributed by atoms with van der Waals surface area (Å²) in [5.74, 6) is 0.917. The highest BCUT2D eigenvalue weighted by Gasteiger charge is 2.21. The molecule has 6 nitrogen and oxygen atoms in total. The normalized spacial score (nSPS) is 10.8. The van der Waals surface area contributed by atoms with E-state index in [1.807, 2.05) is 75.4 Å². The van der Waals surface area contributed by atoms with Gasteiger partial charge in [-0.05, 0) is 32.9 Å². The maximum atomic E-state index is 12.6. The Morgan fingerprint density at radius 2 is 1.81 bits per heavy atom. The second kappa shape index (κ2) is 7.82. The number of carbonyl (C=O) groups excluding carboxylic acids is 1. The molecule has 3 aromatic rings. The molecule has 0 saturated carbocycles. The Bertz CT molecular complexity index is 857. The number of rotatable bonds is 5. The average molecular weight is 350 g/mol. The third kappa shape index (κ3) is 4.27. The number of urea groups is 1. The van der Waals surface area contributed by atoms with E-state index in [4.69, 9.17) is 4.52 Å². The third-order valence-electron chi connectivity index (χ3n) is 3.99. The van der Waals surface area contributed by atoms with Crippen molar-refractivity contribution in [1.29, 1.82) is 0 Å². The zero-order valence-electron chi connectivity index (χ0n) is 15.1. The summed E-state index contributed by atoms with van der Waals surface area (Å²) in [5.41, 5.74) is 2.77. The molecule has 0 fully saturated rings. The van der Waals surface area contributed by atoms with E-state index in [-0.39, 0.29) is 18.6 Å². The van der Waals surface area contributed by atoms with Crippen LogP contribution >= 0.6 is 0 Å². The number of benzene rings is 2. The minimum absolute atomic E-state index is 0.0208. The van der Waals surface area contributed by atoms with E-state index < -0.39 is 0 Å². The molecule has 0 radical (unpaired) electrons. The molecular weight excluding hydrogens is 328 g/mol. The van der Waals surface area contributed by atoms with Crippen molar-refractivity contribution in [2.45, 2.75) is 33.4 Å². The molecule has 2 amide bonds. The second-order valence-corrected chi connectivity index (χ2v) is 6.40. The van der Waals surface area contributed by atoms with Crippen LogP contribution in [0.4, 0.5) is 10.5 Å². The zero-order valence-corrected chi connectivity index (χ0v) is 15.1. The molecule has 0 saturated heterocycles. The quantitative estimate of drug-likeness (QED) is 0.736. The molecule has 0 unspecified atom stereocenters. The van der Waals surface area contributed by atoms with Gasteiger partial charge in [0.2, 0.25) is 11.7 Å². The summed E-state index contributed by atoms with van der Waals surface area (Å²) in [7, 11) is 0. The molecule has 134 valence electrons. The van der Waals surface area contributed by atoms with E-state index in [2.05, 4.69) is 15.5 Å². The van der Waals surface area contributed by atoms with E-state index >= 15 is 0 Å². The number of nitrogens with zero attached hydrogens (tertiary/aromatic N) is 3. The number of aryl methyl sites for hydroxylation is 1. The lowest BCUT2D eigenvalue weighted by atomic mass is 10.2. The highest BCUT2D eigenvalue weighted by atomic mass is 16.5. The standard InChI is InChI=1S/C20H22N4O2/c1-14(2)24(20(25)21-17-11-9-15(3)10-12-17)13-18-22-19(23-26-18)16-7-5-4-6-8-16/h4-12,14H,13H2,1-3H3,(H,21,25). The van der Waals surface area contributed by atoms with Gasteiger partial charge < -0.3 is 14.7 Å². The highest BCUT2D eigenvalue weighted by molar-refractivity contribution is 5.89. The van der Waals surface area contributed by atoms with Crippen molar-refractivity contribution in [3.63, 3.8) is 0 Å². The maximum Gasteiger partial charge on any atom is 0.322 e. The Morgan fingerprint density at radius 3 is 2.46 bits per heavy atom. The molecule has 0 aliphatic heterocycles. The minimum Gasteiger partial charge on any atom is -0.337 e. The van der Waals surface area contributed by atoms with Crippen molar-refractivity contribution in [2.75, 3.05) is 5.32 Å². The fourth-order valence-electron chi connectivity index (χ4n) is 2.49. The largest absolute Gasteiger partial charge is 0.337 e. The van der Waals surface area contributed by atoms with Gasteiger partial charge in [0.1, 0.15) is 6.54 Å². The monoisotopic (exact) mass is 350 g/mol. The van der Waals surface area contributed by atoms with Gasteiger partial charge >= 0.3 is 6.03 Å². The van der Waals surface area contributed by atoms with Crippen LogP contribution in [0.1, 0.15) is 25.3 Å². The predicted octanol–water partition coefficient (Wildman–Crippen LogP) is 4.49. The first-order chi connectivity index (χ1) is 12.5. The molecule has 0 aliphatic carbocycles. The third-order valence-corrected chi connectivity index (χ3v) is 3.99. The summed E-state index contributed by atoms with van der Waals surface area (Å²) >= 11 is 0. The van der Waals surface area contributed by atoms with Gasteiger partial charge in [-0.15, -0.1) is 0 Å². The van der Waals surface area contributed by atoms with Crippen LogP contribution in [0, 0.1) is 6.92 Å². The fourth-order valence-corrected chi connectivity index (χ4v) is 2.49. The van der Waals surface area contributed by atoms with E-state index in [9.17, 15) is 4.79 Å². The SMILES string of the molecule is Cc1ccc(NC(=O)N(Cc2nc(-c3ccccc3)no2)C(C)C)cc1. The molecule has 1 heterocycles. The lowest BCUT2D eigenvalue weighted by Crippen LogP contribution is -2.39. The molecule has 0 atom stereocenters. The van der Waals surface area contributed by atoms with Crippen molar-refractivity contribution in [1.82, 2.24) is 15.0 Å². The van der Waals surface area contributed by atoms with Gasteiger partial charge in [0.15, 0.2) is 0 Å². The molecule has 2 aromatic carbocycles. The predicted molar refractivity (Wildman–Crippen MR) is 101 cm³/mol. The first-order valence-corrected chi connectivity index (χ1v) is 8.55. The first-order valence-electron chi connectivity index (χ1n) is 8.55. The van der Waals surface area contributed by atoms with Crippen LogP contribution in [0.3, 0.4) is 0 Å². The average Bonchev–Trinajstić information content (AvgIpc) is 3.11. The number of nitrogens with one attached hydrogen (secondary N) is 1. The van der Waals surface area contributed by atoms with Crippen LogP contribution in [0.5, 0.6) is 0 Å². The van der Waals surface area contributed by atoms with Crippen LogP contribution in [-0.2, 0) is 6.54 Å². The number of carbonyl (C=O) groups is 1. The van der Waals surface area contributed by atoms with Crippen molar-refractivity contribution in [3.05, 3.63) is 66.1 Å². The Hall–Kier alpha value is -3.15. The van der Waals surface area contributed by atoms with Gasteiger partial charge in [-0.2, -0.15) is 4.98 Å². The number of amides is 2. The summed E-state index contributed by atoms with van der Waals surface area (Å²) < 4.78 is 5.33. The van der Waals surface area contributed by atoms with Crippen LogP contribution in [0.2, 0.25) is 0 Å². The lowest BCUT2D eigenvalue weighted by molar-refractivity contribution is 0.182. The topological polar surface area (TPSA) is 71.3 Å². The molecule has 0 bridgehead atoms. The van der Waals surface area contributed by atoms with E-state index in [0.717, 1.165) is 16.8 Å². The van der Waals surface area contributed by atoms with Crippen molar-refractivity contribution in [3.8, 4) is 11.4 Å². The van der Waals surface area contributed by atoms with Crippen LogP contribution < -0.4 is 5.32 Å². The van der Waals surface area contributed by atoms with Crippen LogP contribution in [-0.4, -0.2) is 27.1 Å². The van der Waals surface area contributed by atoms with Gasteiger partial charge in [0.25, 0.3) is 0 Å². The Labute approximate surface area is 152 Å². The Balaban J connectivity index is 1.71. The van der Waals surface area contributed by atoms with Crippen LogP contribution in [0.15, 0.2) is 59.1 Å². The number of hydrogen-bond donors (Lipinski definition) is 1. The zero-order chi connectivity index (χ0) is 18.5. The van der Waals surface area contributed by atoms with Crippen molar-refractivity contribution >= 4 is 11.7 Å². The van der Waals surface area contributed by atoms with Gasteiger partial charge in [0, 0.05) is 17.3 Å². The summed E-state index contributed by atoms with van der Waals surface area (Å²) in [4.78, 5) is 18.7. The molecule has 6 heteroatoms. The first kappa shape index (κ1) is 17.7. The Kier molecular flexibility index (Phi) is 5.31. The van der Waals surface area contributed by atoms with Crippen molar-refractivity contribution in [2.24, 2.45) is 0 Å². The number of hydrogen-bond acceptors (Lipinski definition) is 4. The van der Waals surface area contributed by atoms with E-state index in [1.54, 1.807) is 4.90 Å². The molecule has 1 N–H and O–H groups in total. The van der Waals surface area contributed by atoms with E-state index in [1.165, 1.54) is 0 Å². The van der Waals surface area contributed by atoms with Gasteiger partial charge in [-0.3, -0.25) is 0 Å². The van der Waals surface area contributed by atoms with Crippen LogP contribution in [0.25, 0.3) is 11.4 Å². The molecule has 3 rings (SSSR count). The van der Waals surface area contributed by atoms with Gasteiger partial charge in [0.05, 0.1) is 0 Å². The second-order valence-electron chi connectivity index (χ2n) is 6.40. The van der Waals surface area contributed by atoms with Crippen molar-refractivity contribution < 1.29 is 9.32 Å². The lowest BCUT2D eigenvalue weighted by Gasteiger charge is -2.25. The maximum absolute atomic E-state index is 12.6. The molecule has 0 spiro atoms. The smallest absolute Gasteiger partial charge is 0.322 e. The van der Waals surface area contributed by atoms with E-state index in [0.29, 0.717) is 11.7 Å². The molecule has 1 aromatic heterocycles. The molecule has 0 aliphatic rings. The Morgan fingerprint density at radius 1 is 1.12 bits per heavy atom. The van der Waals surface area contributed by atoms with Gasteiger partial charge in [-0.25, -0.2) is 4.79 Å². The number of anilines is 1. The minimum atomic E-state index is -0.205. The van der Waals surface area contributed by atoms with Gasteiger partial charge in [-0.1, -0.05) is 53.2 Å².